The smallest absolute Gasteiger partial charge is 0.277 e. The summed E-state index contributed by atoms with van der Waals surface area (Å²) in [5, 5.41) is 11.4. The predicted molar refractivity (Wildman–Crippen MR) is 97.1 cm³/mol. The van der Waals surface area contributed by atoms with Crippen molar-refractivity contribution in [3.63, 3.8) is 0 Å². The maximum atomic E-state index is 11.8. The second-order valence-electron chi connectivity index (χ2n) is 7.79. The van der Waals surface area contributed by atoms with Crippen molar-refractivity contribution < 1.29 is 9.21 Å². The SMILES string of the molecule is CC(C)(C)NC(=O)CSc1nnc(-c2ccc(C(C)(C)C)cc2)o1. The molecule has 0 aliphatic heterocycles. The quantitative estimate of drug-likeness (QED) is 0.845. The van der Waals surface area contributed by atoms with Gasteiger partial charge >= 0.3 is 0 Å². The van der Waals surface area contributed by atoms with Gasteiger partial charge in [-0.1, -0.05) is 44.7 Å². The maximum Gasteiger partial charge on any atom is 0.277 e. The molecule has 0 aliphatic carbocycles. The van der Waals surface area contributed by atoms with Crippen LogP contribution in [0.5, 0.6) is 0 Å². The van der Waals surface area contributed by atoms with Crippen LogP contribution in [0.15, 0.2) is 33.9 Å². The number of hydrogen-bond donors (Lipinski definition) is 1. The number of carbonyl (C=O) groups is 1. The minimum atomic E-state index is -0.244. The first kappa shape index (κ1) is 18.5. The number of thioether (sulfide) groups is 1. The highest BCUT2D eigenvalue weighted by Gasteiger charge is 2.17. The standard InChI is InChI=1S/C18H25N3O2S/c1-17(2,3)13-9-7-12(8-10-13)15-20-21-16(23-15)24-11-14(22)19-18(4,5)6/h7-10H,11H2,1-6H3,(H,19,22). The molecule has 0 radical (unpaired) electrons. The second kappa shape index (κ2) is 6.97. The second-order valence-corrected chi connectivity index (χ2v) is 8.71. The van der Waals surface area contributed by atoms with Gasteiger partial charge in [0, 0.05) is 11.1 Å². The molecule has 0 bridgehead atoms. The van der Waals surface area contributed by atoms with E-state index in [1.165, 1.54) is 17.3 Å². The third-order valence-electron chi connectivity index (χ3n) is 3.25. The van der Waals surface area contributed by atoms with E-state index in [1.807, 2.05) is 32.9 Å². The highest BCUT2D eigenvalue weighted by molar-refractivity contribution is 7.99. The van der Waals surface area contributed by atoms with Gasteiger partial charge in [0.1, 0.15) is 0 Å². The van der Waals surface area contributed by atoms with Crippen LogP contribution in [0.2, 0.25) is 0 Å². The summed E-state index contributed by atoms with van der Waals surface area (Å²) in [7, 11) is 0. The summed E-state index contributed by atoms with van der Waals surface area (Å²) in [6.45, 7) is 12.4. The molecule has 0 saturated heterocycles. The van der Waals surface area contributed by atoms with Crippen molar-refractivity contribution in [1.29, 1.82) is 0 Å². The summed E-state index contributed by atoms with van der Waals surface area (Å²) in [4.78, 5) is 11.8. The van der Waals surface area contributed by atoms with Crippen molar-refractivity contribution in [2.75, 3.05) is 5.75 Å². The van der Waals surface area contributed by atoms with Gasteiger partial charge in [0.05, 0.1) is 5.75 Å². The minimum absolute atomic E-state index is 0.0539. The number of rotatable bonds is 4. The predicted octanol–water partition coefficient (Wildman–Crippen LogP) is 4.04. The van der Waals surface area contributed by atoms with E-state index >= 15 is 0 Å². The zero-order valence-corrected chi connectivity index (χ0v) is 16.0. The topological polar surface area (TPSA) is 68.0 Å². The Morgan fingerprint density at radius 1 is 1.08 bits per heavy atom. The summed E-state index contributed by atoms with van der Waals surface area (Å²) < 4.78 is 5.64. The first-order valence-electron chi connectivity index (χ1n) is 7.93. The summed E-state index contributed by atoms with van der Waals surface area (Å²) in [5.41, 5.74) is 1.99. The number of nitrogens with one attached hydrogen (secondary N) is 1. The van der Waals surface area contributed by atoms with E-state index < -0.39 is 0 Å². The molecule has 1 heterocycles. The Hall–Kier alpha value is -1.82. The lowest BCUT2D eigenvalue weighted by molar-refractivity contribution is -0.119. The number of aromatic nitrogens is 2. The normalized spacial score (nSPS) is 12.2. The van der Waals surface area contributed by atoms with Crippen molar-refractivity contribution in [1.82, 2.24) is 15.5 Å². The number of hydrogen-bond acceptors (Lipinski definition) is 5. The van der Waals surface area contributed by atoms with E-state index in [-0.39, 0.29) is 22.6 Å². The third-order valence-corrected chi connectivity index (χ3v) is 4.06. The Labute approximate surface area is 147 Å². The number of benzene rings is 1. The van der Waals surface area contributed by atoms with E-state index in [0.29, 0.717) is 11.1 Å². The van der Waals surface area contributed by atoms with Crippen molar-refractivity contribution in [3.8, 4) is 11.5 Å². The van der Waals surface area contributed by atoms with Crippen LogP contribution in [-0.2, 0) is 10.2 Å². The van der Waals surface area contributed by atoms with Gasteiger partial charge in [0.15, 0.2) is 0 Å². The molecule has 2 rings (SSSR count). The van der Waals surface area contributed by atoms with Gasteiger partial charge in [-0.3, -0.25) is 4.79 Å². The van der Waals surface area contributed by atoms with Crippen molar-refractivity contribution in [3.05, 3.63) is 29.8 Å². The van der Waals surface area contributed by atoms with Crippen LogP contribution >= 0.6 is 11.8 Å². The summed E-state index contributed by atoms with van der Waals surface area (Å²) in [6, 6.07) is 8.11. The highest BCUT2D eigenvalue weighted by Crippen LogP contribution is 2.27. The van der Waals surface area contributed by atoms with Crippen LogP contribution in [0.1, 0.15) is 47.1 Å². The average molecular weight is 347 g/mol. The van der Waals surface area contributed by atoms with Gasteiger partial charge < -0.3 is 9.73 Å². The van der Waals surface area contributed by atoms with Gasteiger partial charge in [0.2, 0.25) is 11.8 Å². The molecule has 5 nitrogen and oxygen atoms in total. The van der Waals surface area contributed by atoms with Gasteiger partial charge in [-0.15, -0.1) is 10.2 Å². The lowest BCUT2D eigenvalue weighted by Crippen LogP contribution is -2.41. The van der Waals surface area contributed by atoms with Gasteiger partial charge in [-0.05, 0) is 43.9 Å². The van der Waals surface area contributed by atoms with E-state index in [0.717, 1.165) is 5.56 Å². The van der Waals surface area contributed by atoms with E-state index in [4.69, 9.17) is 4.42 Å². The van der Waals surface area contributed by atoms with Gasteiger partial charge in [0.25, 0.3) is 5.22 Å². The largest absolute Gasteiger partial charge is 0.411 e. The molecular weight excluding hydrogens is 322 g/mol. The van der Waals surface area contributed by atoms with Gasteiger partial charge in [-0.25, -0.2) is 0 Å². The fourth-order valence-electron chi connectivity index (χ4n) is 2.08. The van der Waals surface area contributed by atoms with Crippen molar-refractivity contribution >= 4 is 17.7 Å². The highest BCUT2D eigenvalue weighted by atomic mass is 32.2. The fourth-order valence-corrected chi connectivity index (χ4v) is 2.64. The van der Waals surface area contributed by atoms with E-state index in [2.05, 4.69) is 48.4 Å². The first-order valence-corrected chi connectivity index (χ1v) is 8.91. The Balaban J connectivity index is 1.99. The molecule has 6 heteroatoms. The molecule has 130 valence electrons. The molecule has 0 spiro atoms. The Bertz CT molecular complexity index is 694. The van der Waals surface area contributed by atoms with E-state index in [9.17, 15) is 4.79 Å². The Morgan fingerprint density at radius 3 is 2.25 bits per heavy atom. The molecule has 1 aromatic carbocycles. The van der Waals surface area contributed by atoms with Crippen LogP contribution in [0.4, 0.5) is 0 Å². The molecule has 1 N–H and O–H groups in total. The third kappa shape index (κ3) is 5.37. The molecule has 0 fully saturated rings. The van der Waals surface area contributed by atoms with Crippen LogP contribution < -0.4 is 5.32 Å². The molecule has 0 aliphatic rings. The fraction of sp³-hybridized carbons (Fsp3) is 0.500. The molecule has 1 aromatic heterocycles. The van der Waals surface area contributed by atoms with Crippen LogP contribution in [-0.4, -0.2) is 27.4 Å². The zero-order valence-electron chi connectivity index (χ0n) is 15.1. The monoisotopic (exact) mass is 347 g/mol. The molecule has 24 heavy (non-hydrogen) atoms. The molecule has 0 unspecified atom stereocenters. The average Bonchev–Trinajstić information content (AvgIpc) is 2.91. The number of nitrogens with zero attached hydrogens (tertiary/aromatic N) is 2. The number of carbonyl (C=O) groups excluding carboxylic acids is 1. The molecule has 1 amide bonds. The van der Waals surface area contributed by atoms with Crippen LogP contribution in [0, 0.1) is 0 Å². The van der Waals surface area contributed by atoms with E-state index in [1.54, 1.807) is 0 Å². The van der Waals surface area contributed by atoms with Gasteiger partial charge in [-0.2, -0.15) is 0 Å². The first-order chi connectivity index (χ1) is 11.0. The molecular formula is C18H25N3O2S. The maximum absolute atomic E-state index is 11.8. The molecule has 0 atom stereocenters. The summed E-state index contributed by atoms with van der Waals surface area (Å²) >= 11 is 1.24. The Morgan fingerprint density at radius 2 is 1.71 bits per heavy atom. The zero-order chi connectivity index (χ0) is 18.0. The number of amides is 1. The molecule has 0 saturated carbocycles. The summed E-state index contributed by atoms with van der Waals surface area (Å²) in [5.74, 6) is 0.665. The summed E-state index contributed by atoms with van der Waals surface area (Å²) in [6.07, 6.45) is 0. The molecule has 2 aromatic rings. The lowest BCUT2D eigenvalue weighted by Gasteiger charge is -2.19. The van der Waals surface area contributed by atoms with Crippen LogP contribution in [0.3, 0.4) is 0 Å². The van der Waals surface area contributed by atoms with Crippen LogP contribution in [0.25, 0.3) is 11.5 Å². The Kier molecular flexibility index (Phi) is 5.38. The van der Waals surface area contributed by atoms with Crippen molar-refractivity contribution in [2.24, 2.45) is 0 Å². The van der Waals surface area contributed by atoms with Crippen molar-refractivity contribution in [2.45, 2.75) is 57.7 Å². The lowest BCUT2D eigenvalue weighted by atomic mass is 9.87. The minimum Gasteiger partial charge on any atom is -0.411 e.